The Balaban J connectivity index is 2.16. The zero-order valence-electron chi connectivity index (χ0n) is 9.39. The van der Waals surface area contributed by atoms with Gasteiger partial charge in [-0.25, -0.2) is 4.99 Å². The average Bonchev–Trinajstić information content (AvgIpc) is 2.45. The van der Waals surface area contributed by atoms with E-state index in [0.717, 1.165) is 38.2 Å². The fourth-order valence-electron chi connectivity index (χ4n) is 1.40. The highest BCUT2D eigenvalue weighted by Gasteiger charge is 2.25. The van der Waals surface area contributed by atoms with Crippen LogP contribution in [0.1, 0.15) is 46.5 Å². The summed E-state index contributed by atoms with van der Waals surface area (Å²) in [6.07, 6.45) is 4.23. The van der Waals surface area contributed by atoms with E-state index >= 15 is 0 Å². The summed E-state index contributed by atoms with van der Waals surface area (Å²) in [7, 11) is 0. The summed E-state index contributed by atoms with van der Waals surface area (Å²) in [5, 5.41) is 0. The van der Waals surface area contributed by atoms with Gasteiger partial charge in [-0.15, -0.1) is 11.8 Å². The molecule has 2 nitrogen and oxygen atoms in total. The second-order valence-electron chi connectivity index (χ2n) is 4.24. The van der Waals surface area contributed by atoms with E-state index in [1.54, 1.807) is 0 Å². The number of hydrogen-bond donors (Lipinski definition) is 0. The van der Waals surface area contributed by atoms with E-state index in [0.29, 0.717) is 0 Å². The molecule has 0 unspecified atom stereocenters. The van der Waals surface area contributed by atoms with Gasteiger partial charge in [0.15, 0.2) is 5.90 Å². The summed E-state index contributed by atoms with van der Waals surface area (Å²) in [6, 6.07) is 0. The fourth-order valence-corrected chi connectivity index (χ4v) is 1.40. The van der Waals surface area contributed by atoms with Crippen LogP contribution in [0, 0.1) is 11.8 Å². The van der Waals surface area contributed by atoms with Gasteiger partial charge >= 0.3 is 0 Å². The van der Waals surface area contributed by atoms with Crippen LogP contribution in [0.2, 0.25) is 0 Å². The van der Waals surface area contributed by atoms with Gasteiger partial charge in [-0.3, -0.25) is 0 Å². The first-order valence-corrected chi connectivity index (χ1v) is 5.25. The van der Waals surface area contributed by atoms with Crippen molar-refractivity contribution in [3.8, 4) is 11.8 Å². The van der Waals surface area contributed by atoms with Crippen molar-refractivity contribution in [3.63, 3.8) is 0 Å². The van der Waals surface area contributed by atoms with Crippen molar-refractivity contribution in [1.29, 1.82) is 0 Å². The minimum Gasteiger partial charge on any atom is -0.478 e. The number of nitrogens with zero attached hydrogens (tertiary/aromatic N) is 1. The Labute approximate surface area is 86.8 Å². The van der Waals surface area contributed by atoms with Gasteiger partial charge in [0.25, 0.3) is 0 Å². The van der Waals surface area contributed by atoms with Gasteiger partial charge in [0, 0.05) is 12.8 Å². The molecule has 0 bridgehead atoms. The van der Waals surface area contributed by atoms with E-state index in [1.165, 1.54) is 0 Å². The highest BCUT2D eigenvalue weighted by atomic mass is 16.5. The monoisotopic (exact) mass is 193 g/mol. The molecule has 1 heterocycles. The molecule has 1 aliphatic heterocycles. The van der Waals surface area contributed by atoms with E-state index in [2.05, 4.69) is 30.7 Å². The molecule has 1 rings (SSSR count). The van der Waals surface area contributed by atoms with Gasteiger partial charge in [0.1, 0.15) is 6.61 Å². The molecule has 0 saturated carbocycles. The van der Waals surface area contributed by atoms with Crippen LogP contribution in [-0.4, -0.2) is 18.0 Å². The predicted molar refractivity (Wildman–Crippen MR) is 59.4 cm³/mol. The molecule has 14 heavy (non-hydrogen) atoms. The predicted octanol–water partition coefficient (Wildman–Crippen LogP) is 2.78. The summed E-state index contributed by atoms with van der Waals surface area (Å²) in [6.45, 7) is 6.81. The van der Waals surface area contributed by atoms with E-state index in [4.69, 9.17) is 4.74 Å². The van der Waals surface area contributed by atoms with Crippen molar-refractivity contribution in [1.82, 2.24) is 0 Å². The molecule has 78 valence electrons. The Morgan fingerprint density at radius 1 is 1.43 bits per heavy atom. The van der Waals surface area contributed by atoms with E-state index < -0.39 is 0 Å². The Kier molecular flexibility index (Phi) is 4.00. The van der Waals surface area contributed by atoms with Crippen molar-refractivity contribution in [2.24, 2.45) is 4.99 Å². The van der Waals surface area contributed by atoms with Crippen LogP contribution in [0.15, 0.2) is 4.99 Å². The Morgan fingerprint density at radius 2 is 2.21 bits per heavy atom. The molecule has 2 heteroatoms. The molecule has 0 aliphatic carbocycles. The fraction of sp³-hybridized carbons (Fsp3) is 0.750. The zero-order valence-corrected chi connectivity index (χ0v) is 9.39. The summed E-state index contributed by atoms with van der Waals surface area (Å²) in [5.41, 5.74) is -0.00143. The molecule has 0 N–H and O–H groups in total. The SMILES string of the molecule is CC#CCCCCC1=NC(C)(C)CO1. The summed E-state index contributed by atoms with van der Waals surface area (Å²) >= 11 is 0. The van der Waals surface area contributed by atoms with Gasteiger partial charge < -0.3 is 4.74 Å². The first kappa shape index (κ1) is 11.1. The van der Waals surface area contributed by atoms with E-state index in [1.807, 2.05) is 6.92 Å². The number of rotatable bonds is 4. The maximum absolute atomic E-state index is 5.49. The lowest BCUT2D eigenvalue weighted by Gasteiger charge is -2.07. The van der Waals surface area contributed by atoms with Gasteiger partial charge in [0.05, 0.1) is 5.54 Å². The lowest BCUT2D eigenvalue weighted by atomic mass is 10.1. The first-order valence-electron chi connectivity index (χ1n) is 5.25. The summed E-state index contributed by atoms with van der Waals surface area (Å²) in [4.78, 5) is 4.50. The van der Waals surface area contributed by atoms with Crippen LogP contribution >= 0.6 is 0 Å². The molecule has 0 radical (unpaired) electrons. The maximum atomic E-state index is 5.49. The molecular weight excluding hydrogens is 174 g/mol. The molecule has 0 aromatic heterocycles. The number of ether oxygens (including phenoxy) is 1. The van der Waals surface area contributed by atoms with Crippen LogP contribution in [0.3, 0.4) is 0 Å². The lowest BCUT2D eigenvalue weighted by molar-refractivity contribution is 0.273. The molecule has 1 aliphatic rings. The van der Waals surface area contributed by atoms with Crippen molar-refractivity contribution < 1.29 is 4.74 Å². The second-order valence-corrected chi connectivity index (χ2v) is 4.24. The van der Waals surface area contributed by atoms with Gasteiger partial charge in [0.2, 0.25) is 0 Å². The van der Waals surface area contributed by atoms with Crippen molar-refractivity contribution in [2.75, 3.05) is 6.61 Å². The molecule has 0 saturated heterocycles. The second kappa shape index (κ2) is 5.05. The van der Waals surface area contributed by atoms with Gasteiger partial charge in [-0.2, -0.15) is 0 Å². The molecule has 0 amide bonds. The molecule has 0 atom stereocenters. The minimum absolute atomic E-state index is 0.00143. The highest BCUT2D eigenvalue weighted by Crippen LogP contribution is 2.19. The Hall–Kier alpha value is -0.970. The molecule has 0 aromatic rings. The third-order valence-electron chi connectivity index (χ3n) is 2.14. The smallest absolute Gasteiger partial charge is 0.183 e. The molecule has 0 aromatic carbocycles. The standard InChI is InChI=1S/C12H19NO/c1-4-5-6-7-8-9-11-13-12(2,3)10-14-11/h6-10H2,1-3H3. The van der Waals surface area contributed by atoms with Crippen LogP contribution in [0.5, 0.6) is 0 Å². The molecular formula is C12H19NO. The van der Waals surface area contributed by atoms with E-state index in [9.17, 15) is 0 Å². The lowest BCUT2D eigenvalue weighted by Crippen LogP contribution is -2.17. The third-order valence-corrected chi connectivity index (χ3v) is 2.14. The van der Waals surface area contributed by atoms with Crippen LogP contribution < -0.4 is 0 Å². The Morgan fingerprint density at radius 3 is 2.79 bits per heavy atom. The zero-order chi connectivity index (χ0) is 10.4. The summed E-state index contributed by atoms with van der Waals surface area (Å²) in [5.74, 6) is 6.89. The van der Waals surface area contributed by atoms with Crippen molar-refractivity contribution in [2.45, 2.75) is 52.0 Å². The highest BCUT2D eigenvalue weighted by molar-refractivity contribution is 5.78. The van der Waals surface area contributed by atoms with Gasteiger partial charge in [-0.05, 0) is 33.6 Å². The van der Waals surface area contributed by atoms with E-state index in [-0.39, 0.29) is 5.54 Å². The maximum Gasteiger partial charge on any atom is 0.183 e. The molecule has 0 spiro atoms. The van der Waals surface area contributed by atoms with Crippen LogP contribution in [0.25, 0.3) is 0 Å². The third kappa shape index (κ3) is 3.83. The van der Waals surface area contributed by atoms with Gasteiger partial charge in [-0.1, -0.05) is 0 Å². The quantitative estimate of drug-likeness (QED) is 0.497. The topological polar surface area (TPSA) is 21.6 Å². The first-order chi connectivity index (χ1) is 6.64. The van der Waals surface area contributed by atoms with Crippen LogP contribution in [-0.2, 0) is 4.74 Å². The molecule has 0 fully saturated rings. The van der Waals surface area contributed by atoms with Crippen molar-refractivity contribution >= 4 is 5.90 Å². The summed E-state index contributed by atoms with van der Waals surface area (Å²) < 4.78 is 5.49. The number of hydrogen-bond acceptors (Lipinski definition) is 2. The van der Waals surface area contributed by atoms with Crippen molar-refractivity contribution in [3.05, 3.63) is 0 Å². The van der Waals surface area contributed by atoms with Crippen LogP contribution in [0.4, 0.5) is 0 Å². The Bertz CT molecular complexity index is 268. The average molecular weight is 193 g/mol. The largest absolute Gasteiger partial charge is 0.478 e. The minimum atomic E-state index is -0.00143. The number of aliphatic imine (C=N–C) groups is 1. The number of unbranched alkanes of at least 4 members (excludes halogenated alkanes) is 2. The normalized spacial score (nSPS) is 18.1.